The number of furan rings is 1. The fourth-order valence-corrected chi connectivity index (χ4v) is 14.0. The maximum atomic E-state index is 6.67. The van der Waals surface area contributed by atoms with Gasteiger partial charge in [0.05, 0.1) is 22.2 Å². The van der Waals surface area contributed by atoms with Gasteiger partial charge in [-0.15, -0.1) is 11.3 Å². The van der Waals surface area contributed by atoms with E-state index in [1.807, 2.05) is 11.3 Å². The molecule has 3 nitrogen and oxygen atoms in total. The molecule has 15 rings (SSSR count). The Kier molecular flexibility index (Phi) is 9.39. The summed E-state index contributed by atoms with van der Waals surface area (Å²) in [5.41, 5.74) is 20.2. The van der Waals surface area contributed by atoms with Crippen molar-refractivity contribution in [2.45, 2.75) is 24.7 Å². The van der Waals surface area contributed by atoms with Crippen molar-refractivity contribution in [3.8, 4) is 22.3 Å². The third kappa shape index (κ3) is 6.12. The van der Waals surface area contributed by atoms with E-state index in [1.54, 1.807) is 0 Å². The normalized spacial score (nSPS) is 13.8. The molecule has 0 atom stereocenters. The topological polar surface area (TPSA) is 19.6 Å². The van der Waals surface area contributed by atoms with Crippen LogP contribution in [0.25, 0.3) is 64.4 Å². The molecule has 0 aliphatic heterocycles. The van der Waals surface area contributed by atoms with Crippen LogP contribution in [0.1, 0.15) is 47.2 Å². The van der Waals surface area contributed by atoms with E-state index in [0.717, 1.165) is 56.1 Å². The van der Waals surface area contributed by atoms with Crippen LogP contribution < -0.4 is 9.80 Å². The summed E-state index contributed by atoms with van der Waals surface area (Å²) >= 11 is 1.86. The van der Waals surface area contributed by atoms with E-state index in [1.165, 1.54) is 75.8 Å². The first-order valence-corrected chi connectivity index (χ1v) is 26.4. The summed E-state index contributed by atoms with van der Waals surface area (Å²) < 4.78 is 9.21. The van der Waals surface area contributed by atoms with Gasteiger partial charge in [-0.3, -0.25) is 0 Å². The van der Waals surface area contributed by atoms with Crippen LogP contribution in [0.3, 0.4) is 0 Å². The standard InChI is InChI=1S/C70H48N2OS/c1-69(2)57-30-13-9-26-51(57)53-40-38-49(43-59(53)69)72(62-33-19-37-66-68(62)56-29-12-16-36-65(56)74-66)48-25-17-24-47(42-48)71(61-32-18-35-64-67(61)55-28-11-15-34-63(55)73-64)50-39-41-54-52-27-10-14-31-58(52)70(60(54)44-50,45-20-5-3-6-21-45)46-22-7-4-8-23-46/h3-44H,1-2H3. The molecule has 0 radical (unpaired) electrons. The lowest BCUT2D eigenvalue weighted by Gasteiger charge is -2.35. The van der Waals surface area contributed by atoms with Crippen LogP contribution in [0.4, 0.5) is 34.1 Å². The molecule has 2 heterocycles. The molecule has 11 aromatic carbocycles. The number of benzene rings is 11. The lowest BCUT2D eigenvalue weighted by Crippen LogP contribution is -2.28. The number of hydrogen-bond acceptors (Lipinski definition) is 4. The first kappa shape index (κ1) is 42.7. The summed E-state index contributed by atoms with van der Waals surface area (Å²) in [5, 5.41) is 4.67. The molecule has 0 saturated carbocycles. The fraction of sp³-hybridized carbons (Fsp3) is 0.0571. The highest BCUT2D eigenvalue weighted by atomic mass is 32.1. The van der Waals surface area contributed by atoms with E-state index in [2.05, 4.69) is 278 Å². The third-order valence-corrected chi connectivity index (χ3v) is 17.3. The fourth-order valence-electron chi connectivity index (χ4n) is 12.9. The Bertz CT molecular complexity index is 4330. The molecule has 2 aliphatic carbocycles. The maximum absolute atomic E-state index is 6.67. The highest BCUT2D eigenvalue weighted by Crippen LogP contribution is 2.58. The second-order valence-corrected chi connectivity index (χ2v) is 21.4. The van der Waals surface area contributed by atoms with Gasteiger partial charge in [-0.25, -0.2) is 0 Å². The van der Waals surface area contributed by atoms with Crippen LogP contribution in [0, 0.1) is 0 Å². The van der Waals surface area contributed by atoms with E-state index in [0.29, 0.717) is 0 Å². The van der Waals surface area contributed by atoms with Crippen LogP contribution in [0.2, 0.25) is 0 Å². The summed E-state index contributed by atoms with van der Waals surface area (Å²) in [6, 6.07) is 94.2. The molecule has 0 unspecified atom stereocenters. The van der Waals surface area contributed by atoms with Crippen LogP contribution >= 0.6 is 11.3 Å². The minimum atomic E-state index is -0.577. The van der Waals surface area contributed by atoms with Crippen molar-refractivity contribution in [2.75, 3.05) is 9.80 Å². The Morgan fingerprint density at radius 1 is 0.338 bits per heavy atom. The number of rotatable bonds is 8. The second kappa shape index (κ2) is 16.3. The molecule has 74 heavy (non-hydrogen) atoms. The lowest BCUT2D eigenvalue weighted by atomic mass is 9.67. The SMILES string of the molecule is CC1(C)c2ccccc2-c2ccc(N(c3cccc(N(c4ccc5c(c4)C(c4ccccc4)(c4ccccc4)c4ccccc4-5)c4cccc5oc6ccccc6c45)c3)c3cccc4sc5ccccc5c34)cc21. The summed E-state index contributed by atoms with van der Waals surface area (Å²) in [5.74, 6) is 0. The van der Waals surface area contributed by atoms with Gasteiger partial charge in [0.2, 0.25) is 0 Å². The number of hydrogen-bond donors (Lipinski definition) is 0. The summed E-state index contributed by atoms with van der Waals surface area (Å²) in [6.07, 6.45) is 0. The zero-order chi connectivity index (χ0) is 49.1. The molecule has 0 bridgehead atoms. The van der Waals surface area contributed by atoms with Crippen molar-refractivity contribution in [1.82, 2.24) is 0 Å². The average Bonchev–Trinajstić information content (AvgIpc) is 4.18. The first-order valence-electron chi connectivity index (χ1n) is 25.6. The summed E-state index contributed by atoms with van der Waals surface area (Å²) in [4.78, 5) is 4.98. The highest BCUT2D eigenvalue weighted by molar-refractivity contribution is 7.26. The van der Waals surface area contributed by atoms with Gasteiger partial charge in [0, 0.05) is 53.7 Å². The molecule has 13 aromatic rings. The van der Waals surface area contributed by atoms with E-state index >= 15 is 0 Å². The van der Waals surface area contributed by atoms with Crippen LogP contribution in [0.15, 0.2) is 259 Å². The molecular formula is C70H48N2OS. The second-order valence-electron chi connectivity index (χ2n) is 20.3. The number of thiophene rings is 1. The summed E-state index contributed by atoms with van der Waals surface area (Å²) in [7, 11) is 0. The third-order valence-electron chi connectivity index (χ3n) is 16.1. The number of nitrogens with zero attached hydrogens (tertiary/aromatic N) is 2. The first-order chi connectivity index (χ1) is 36.5. The molecule has 4 heteroatoms. The number of fused-ring (bicyclic) bond motifs is 12. The molecule has 0 amide bonds. The van der Waals surface area contributed by atoms with Gasteiger partial charge in [0.1, 0.15) is 11.2 Å². The van der Waals surface area contributed by atoms with Crippen LogP contribution in [0.5, 0.6) is 0 Å². The monoisotopic (exact) mass is 964 g/mol. The summed E-state index contributed by atoms with van der Waals surface area (Å²) in [6.45, 7) is 4.74. The number of para-hydroxylation sites is 1. The molecule has 0 saturated heterocycles. The van der Waals surface area contributed by atoms with Gasteiger partial charge in [-0.2, -0.15) is 0 Å². The average molecular weight is 965 g/mol. The van der Waals surface area contributed by atoms with Crippen molar-refractivity contribution >= 4 is 87.6 Å². The van der Waals surface area contributed by atoms with Gasteiger partial charge in [0.25, 0.3) is 0 Å². The lowest BCUT2D eigenvalue weighted by molar-refractivity contribution is 0.660. The smallest absolute Gasteiger partial charge is 0.137 e. The van der Waals surface area contributed by atoms with Crippen molar-refractivity contribution in [2.24, 2.45) is 0 Å². The number of anilines is 6. The van der Waals surface area contributed by atoms with Crippen molar-refractivity contribution in [3.63, 3.8) is 0 Å². The quantitative estimate of drug-likeness (QED) is 0.151. The Balaban J connectivity index is 1.000. The van der Waals surface area contributed by atoms with E-state index in [4.69, 9.17) is 4.42 Å². The highest BCUT2D eigenvalue weighted by Gasteiger charge is 2.46. The van der Waals surface area contributed by atoms with Gasteiger partial charge in [0.15, 0.2) is 0 Å². The Morgan fingerprint density at radius 2 is 0.824 bits per heavy atom. The van der Waals surface area contributed by atoms with Gasteiger partial charge >= 0.3 is 0 Å². The van der Waals surface area contributed by atoms with E-state index < -0.39 is 5.41 Å². The zero-order valence-corrected chi connectivity index (χ0v) is 41.8. The van der Waals surface area contributed by atoms with E-state index in [-0.39, 0.29) is 5.41 Å². The molecule has 350 valence electrons. The minimum Gasteiger partial charge on any atom is -0.456 e. The molecule has 0 N–H and O–H groups in total. The maximum Gasteiger partial charge on any atom is 0.137 e. The molecule has 2 aromatic heterocycles. The molecular weight excluding hydrogens is 917 g/mol. The molecule has 0 fully saturated rings. The Morgan fingerprint density at radius 3 is 1.54 bits per heavy atom. The van der Waals surface area contributed by atoms with Crippen molar-refractivity contribution in [1.29, 1.82) is 0 Å². The Labute approximate surface area is 434 Å². The predicted octanol–water partition coefficient (Wildman–Crippen LogP) is 19.6. The predicted molar refractivity (Wildman–Crippen MR) is 311 cm³/mol. The minimum absolute atomic E-state index is 0.179. The molecule has 0 spiro atoms. The zero-order valence-electron chi connectivity index (χ0n) is 41.0. The van der Waals surface area contributed by atoms with Crippen molar-refractivity contribution in [3.05, 3.63) is 288 Å². The largest absolute Gasteiger partial charge is 0.456 e. The van der Waals surface area contributed by atoms with Crippen molar-refractivity contribution < 1.29 is 4.42 Å². The van der Waals surface area contributed by atoms with Gasteiger partial charge in [-0.1, -0.05) is 190 Å². The molecule has 2 aliphatic rings. The van der Waals surface area contributed by atoms with Gasteiger partial charge < -0.3 is 14.2 Å². The van der Waals surface area contributed by atoms with Crippen LogP contribution in [-0.4, -0.2) is 0 Å². The van der Waals surface area contributed by atoms with Crippen LogP contribution in [-0.2, 0) is 10.8 Å². The van der Waals surface area contributed by atoms with E-state index in [9.17, 15) is 0 Å². The Hall–Kier alpha value is -8.96. The van der Waals surface area contributed by atoms with Gasteiger partial charge in [-0.05, 0) is 134 Å².